The number of carboxylic acid groups (broad SMARTS) is 1. The van der Waals surface area contributed by atoms with Crippen LogP contribution in [0.2, 0.25) is 5.02 Å². The monoisotopic (exact) mass is 312 g/mol. The van der Waals surface area contributed by atoms with Gasteiger partial charge in [-0.1, -0.05) is 11.6 Å². The number of rotatable bonds is 3. The lowest BCUT2D eigenvalue weighted by atomic mass is 10.2. The molecule has 0 aliphatic heterocycles. The van der Waals surface area contributed by atoms with Gasteiger partial charge in [0, 0.05) is 6.20 Å². The van der Waals surface area contributed by atoms with Crippen LogP contribution in [0.15, 0.2) is 30.5 Å². The molecular formula is C13H7ClF2N2O3. The van der Waals surface area contributed by atoms with Crippen LogP contribution in [-0.4, -0.2) is 22.0 Å². The van der Waals surface area contributed by atoms with Gasteiger partial charge in [0.05, 0.1) is 16.1 Å². The summed E-state index contributed by atoms with van der Waals surface area (Å²) in [7, 11) is 0. The van der Waals surface area contributed by atoms with E-state index in [4.69, 9.17) is 16.7 Å². The van der Waals surface area contributed by atoms with Crippen LogP contribution >= 0.6 is 11.6 Å². The Balaban J connectivity index is 2.28. The second-order valence-corrected chi connectivity index (χ2v) is 4.34. The van der Waals surface area contributed by atoms with Crippen molar-refractivity contribution in [2.75, 3.05) is 5.32 Å². The van der Waals surface area contributed by atoms with E-state index in [1.807, 2.05) is 0 Å². The number of nitrogens with one attached hydrogen (secondary N) is 1. The summed E-state index contributed by atoms with van der Waals surface area (Å²) in [6, 6.07) is 3.68. The number of nitrogens with zero attached hydrogens (tertiary/aromatic N) is 1. The summed E-state index contributed by atoms with van der Waals surface area (Å²) < 4.78 is 26.0. The number of anilines is 1. The fourth-order valence-corrected chi connectivity index (χ4v) is 1.75. The minimum atomic E-state index is -1.23. The first-order valence-corrected chi connectivity index (χ1v) is 5.91. The summed E-state index contributed by atoms with van der Waals surface area (Å²) in [4.78, 5) is 26.5. The zero-order chi connectivity index (χ0) is 15.6. The highest BCUT2D eigenvalue weighted by molar-refractivity contribution is 6.34. The summed E-state index contributed by atoms with van der Waals surface area (Å²) >= 11 is 5.66. The number of aromatic nitrogens is 1. The van der Waals surface area contributed by atoms with Gasteiger partial charge in [0.15, 0.2) is 11.6 Å². The van der Waals surface area contributed by atoms with Gasteiger partial charge in [-0.05, 0) is 24.3 Å². The maximum atomic E-state index is 13.1. The maximum absolute atomic E-state index is 13.1. The third-order valence-electron chi connectivity index (χ3n) is 2.50. The largest absolute Gasteiger partial charge is 0.478 e. The van der Waals surface area contributed by atoms with Gasteiger partial charge in [0.25, 0.3) is 5.91 Å². The van der Waals surface area contributed by atoms with Gasteiger partial charge in [-0.2, -0.15) is 0 Å². The number of pyridine rings is 1. The predicted molar refractivity (Wildman–Crippen MR) is 70.5 cm³/mol. The van der Waals surface area contributed by atoms with Crippen LogP contribution < -0.4 is 5.32 Å². The highest BCUT2D eigenvalue weighted by Crippen LogP contribution is 2.21. The lowest BCUT2D eigenvalue weighted by Gasteiger charge is -2.07. The fraction of sp³-hybridized carbons (Fsp3) is 0. The number of aromatic carboxylic acids is 1. The van der Waals surface area contributed by atoms with Gasteiger partial charge in [-0.25, -0.2) is 18.6 Å². The molecule has 0 bridgehead atoms. The summed E-state index contributed by atoms with van der Waals surface area (Å²) in [5.74, 6) is -4.49. The van der Waals surface area contributed by atoms with E-state index >= 15 is 0 Å². The van der Waals surface area contributed by atoms with Crippen molar-refractivity contribution in [1.82, 2.24) is 4.98 Å². The van der Waals surface area contributed by atoms with Crippen molar-refractivity contribution in [2.45, 2.75) is 0 Å². The predicted octanol–water partition coefficient (Wildman–Crippen LogP) is 2.96. The lowest BCUT2D eigenvalue weighted by molar-refractivity contribution is 0.0696. The van der Waals surface area contributed by atoms with Gasteiger partial charge in [-0.3, -0.25) is 4.79 Å². The number of carboxylic acids is 1. The van der Waals surface area contributed by atoms with Gasteiger partial charge in [0.1, 0.15) is 5.82 Å². The Morgan fingerprint density at radius 3 is 2.52 bits per heavy atom. The molecule has 1 amide bonds. The number of amides is 1. The van der Waals surface area contributed by atoms with E-state index in [2.05, 4.69) is 10.3 Å². The van der Waals surface area contributed by atoms with Crippen molar-refractivity contribution in [3.63, 3.8) is 0 Å². The van der Waals surface area contributed by atoms with Crippen molar-refractivity contribution in [3.8, 4) is 0 Å². The van der Waals surface area contributed by atoms with E-state index in [0.29, 0.717) is 12.1 Å². The quantitative estimate of drug-likeness (QED) is 0.854. The average Bonchev–Trinajstić information content (AvgIpc) is 2.43. The molecule has 0 saturated heterocycles. The summed E-state index contributed by atoms with van der Waals surface area (Å²) in [5, 5.41) is 10.8. The highest BCUT2D eigenvalue weighted by Gasteiger charge is 2.16. The molecule has 2 aromatic rings. The molecular weight excluding hydrogens is 306 g/mol. The van der Waals surface area contributed by atoms with E-state index in [-0.39, 0.29) is 22.0 Å². The third-order valence-corrected chi connectivity index (χ3v) is 2.82. The minimum absolute atomic E-state index is 0.0549. The van der Waals surface area contributed by atoms with E-state index in [1.54, 1.807) is 0 Å². The van der Waals surface area contributed by atoms with Gasteiger partial charge < -0.3 is 10.4 Å². The Hall–Kier alpha value is -2.54. The van der Waals surface area contributed by atoms with Crippen LogP contribution in [0, 0.1) is 11.6 Å². The summed E-state index contributed by atoms with van der Waals surface area (Å²) in [6.45, 7) is 0. The lowest BCUT2D eigenvalue weighted by Crippen LogP contribution is -2.14. The molecule has 0 aliphatic rings. The number of benzene rings is 1. The molecule has 0 unspecified atom stereocenters. The van der Waals surface area contributed by atoms with Gasteiger partial charge >= 0.3 is 5.97 Å². The van der Waals surface area contributed by atoms with Crippen LogP contribution in [0.3, 0.4) is 0 Å². The molecule has 108 valence electrons. The Labute approximate surface area is 122 Å². The molecule has 21 heavy (non-hydrogen) atoms. The Morgan fingerprint density at radius 1 is 1.19 bits per heavy atom. The average molecular weight is 313 g/mol. The van der Waals surface area contributed by atoms with Crippen LogP contribution in [0.5, 0.6) is 0 Å². The zero-order valence-electron chi connectivity index (χ0n) is 10.2. The number of hydrogen-bond acceptors (Lipinski definition) is 3. The SMILES string of the molecule is O=C(O)c1ccnc(NC(=O)c2cc(F)c(F)cc2Cl)c1. The Bertz CT molecular complexity index is 737. The number of carbonyl (C=O) groups excluding carboxylic acids is 1. The van der Waals surface area contributed by atoms with Crippen LogP contribution in [0.1, 0.15) is 20.7 Å². The molecule has 1 heterocycles. The first-order valence-electron chi connectivity index (χ1n) is 5.53. The standard InChI is InChI=1S/C13H7ClF2N2O3/c14-8-5-10(16)9(15)4-7(8)12(19)18-11-3-6(13(20)21)1-2-17-11/h1-5H,(H,20,21)(H,17,18,19). The first-order chi connectivity index (χ1) is 9.88. The number of halogens is 3. The first kappa shape index (κ1) is 14.9. The van der Waals surface area contributed by atoms with Crippen molar-refractivity contribution in [3.05, 3.63) is 58.2 Å². The molecule has 0 radical (unpaired) electrons. The second kappa shape index (κ2) is 5.84. The molecule has 2 rings (SSSR count). The minimum Gasteiger partial charge on any atom is -0.478 e. The van der Waals surface area contributed by atoms with Crippen molar-refractivity contribution in [1.29, 1.82) is 0 Å². The normalized spacial score (nSPS) is 10.2. The van der Waals surface area contributed by atoms with Crippen LogP contribution in [0.25, 0.3) is 0 Å². The molecule has 2 N–H and O–H groups in total. The molecule has 1 aromatic heterocycles. The molecule has 0 atom stereocenters. The smallest absolute Gasteiger partial charge is 0.335 e. The van der Waals surface area contributed by atoms with Crippen molar-refractivity contribution < 1.29 is 23.5 Å². The van der Waals surface area contributed by atoms with Crippen LogP contribution in [0.4, 0.5) is 14.6 Å². The summed E-state index contributed by atoms with van der Waals surface area (Å²) in [5.41, 5.74) is -0.380. The molecule has 1 aromatic carbocycles. The highest BCUT2D eigenvalue weighted by atomic mass is 35.5. The molecule has 0 spiro atoms. The molecule has 5 nitrogen and oxygen atoms in total. The Kier molecular flexibility index (Phi) is 4.13. The van der Waals surface area contributed by atoms with Gasteiger partial charge in [-0.15, -0.1) is 0 Å². The van der Waals surface area contributed by atoms with E-state index in [1.165, 1.54) is 12.3 Å². The number of hydrogen-bond donors (Lipinski definition) is 2. The van der Waals surface area contributed by atoms with E-state index in [9.17, 15) is 18.4 Å². The molecule has 0 fully saturated rings. The zero-order valence-corrected chi connectivity index (χ0v) is 11.0. The Morgan fingerprint density at radius 2 is 1.86 bits per heavy atom. The molecule has 0 saturated carbocycles. The number of carbonyl (C=O) groups is 2. The van der Waals surface area contributed by atoms with Crippen molar-refractivity contribution in [2.24, 2.45) is 0 Å². The van der Waals surface area contributed by atoms with Crippen molar-refractivity contribution >= 4 is 29.3 Å². The van der Waals surface area contributed by atoms with E-state index in [0.717, 1.165) is 6.07 Å². The van der Waals surface area contributed by atoms with Gasteiger partial charge in [0.2, 0.25) is 0 Å². The maximum Gasteiger partial charge on any atom is 0.335 e. The topological polar surface area (TPSA) is 79.3 Å². The molecule has 8 heteroatoms. The second-order valence-electron chi connectivity index (χ2n) is 3.94. The van der Waals surface area contributed by atoms with E-state index < -0.39 is 23.5 Å². The van der Waals surface area contributed by atoms with Crippen LogP contribution in [-0.2, 0) is 0 Å². The fourth-order valence-electron chi connectivity index (χ4n) is 1.51. The summed E-state index contributed by atoms with van der Waals surface area (Å²) in [6.07, 6.45) is 1.19. The molecule has 0 aliphatic carbocycles. The third kappa shape index (κ3) is 3.32.